The molecule has 0 radical (unpaired) electrons. The highest BCUT2D eigenvalue weighted by Crippen LogP contribution is 2.12. The molecule has 7 heteroatoms. The van der Waals surface area contributed by atoms with Crippen LogP contribution in [0.5, 0.6) is 0 Å². The van der Waals surface area contributed by atoms with E-state index in [0.717, 1.165) is 0 Å². The van der Waals surface area contributed by atoms with Gasteiger partial charge in [-0.2, -0.15) is 10.5 Å². The summed E-state index contributed by atoms with van der Waals surface area (Å²) in [5, 5.41) is 17.3. The van der Waals surface area contributed by atoms with Crippen molar-refractivity contribution in [3.8, 4) is 12.1 Å². The molecule has 1 heterocycles. The smallest absolute Gasteiger partial charge is 0.408 e. The van der Waals surface area contributed by atoms with Crippen molar-refractivity contribution in [1.29, 1.82) is 10.5 Å². The minimum Gasteiger partial charge on any atom is -0.408 e. The SMILES string of the molecule is N#CCCN(CCC#N)C(=O)CCn1c(=O)oc2ccccc21. The molecule has 118 valence electrons. The van der Waals surface area contributed by atoms with Crippen LogP contribution >= 0.6 is 0 Å². The summed E-state index contributed by atoms with van der Waals surface area (Å²) in [7, 11) is 0. The highest BCUT2D eigenvalue weighted by Gasteiger charge is 2.15. The second-order valence-electron chi connectivity index (χ2n) is 4.93. The van der Waals surface area contributed by atoms with Crippen LogP contribution in [0.3, 0.4) is 0 Å². The molecule has 0 atom stereocenters. The molecule has 7 nitrogen and oxygen atoms in total. The summed E-state index contributed by atoms with van der Waals surface area (Å²) in [6.45, 7) is 0.778. The van der Waals surface area contributed by atoms with Crippen LogP contribution in [-0.2, 0) is 11.3 Å². The van der Waals surface area contributed by atoms with E-state index in [9.17, 15) is 9.59 Å². The van der Waals surface area contributed by atoms with Crippen LogP contribution in [0.4, 0.5) is 0 Å². The van der Waals surface area contributed by atoms with Gasteiger partial charge in [-0.25, -0.2) is 4.79 Å². The topological polar surface area (TPSA) is 103 Å². The molecule has 0 fully saturated rings. The minimum atomic E-state index is -0.500. The lowest BCUT2D eigenvalue weighted by Crippen LogP contribution is -2.33. The predicted molar refractivity (Wildman–Crippen MR) is 82.1 cm³/mol. The van der Waals surface area contributed by atoms with Crippen molar-refractivity contribution in [3.63, 3.8) is 0 Å². The molecule has 1 amide bonds. The third kappa shape index (κ3) is 3.98. The highest BCUT2D eigenvalue weighted by molar-refractivity contribution is 5.77. The largest absolute Gasteiger partial charge is 0.419 e. The highest BCUT2D eigenvalue weighted by atomic mass is 16.4. The number of rotatable bonds is 7. The monoisotopic (exact) mass is 312 g/mol. The van der Waals surface area contributed by atoms with E-state index < -0.39 is 5.76 Å². The van der Waals surface area contributed by atoms with E-state index in [4.69, 9.17) is 14.9 Å². The number of hydrogen-bond donors (Lipinski definition) is 0. The van der Waals surface area contributed by atoms with Gasteiger partial charge in [0, 0.05) is 26.1 Å². The van der Waals surface area contributed by atoms with Crippen LogP contribution in [0.1, 0.15) is 19.3 Å². The average molecular weight is 312 g/mol. The number of nitrogens with zero attached hydrogens (tertiary/aromatic N) is 4. The van der Waals surface area contributed by atoms with Crippen LogP contribution in [0.25, 0.3) is 11.1 Å². The zero-order chi connectivity index (χ0) is 16.7. The van der Waals surface area contributed by atoms with Crippen molar-refractivity contribution in [1.82, 2.24) is 9.47 Å². The molecule has 0 saturated carbocycles. The number of nitriles is 2. The Morgan fingerprint density at radius 2 is 1.83 bits per heavy atom. The molecule has 0 bridgehead atoms. The number of para-hydroxylation sites is 2. The Morgan fingerprint density at radius 3 is 2.48 bits per heavy atom. The molecule has 2 aromatic rings. The lowest BCUT2D eigenvalue weighted by atomic mass is 10.3. The van der Waals surface area contributed by atoms with Gasteiger partial charge >= 0.3 is 5.76 Å². The molecule has 0 aliphatic heterocycles. The quantitative estimate of drug-likeness (QED) is 0.773. The van der Waals surface area contributed by atoms with Crippen LogP contribution in [0.15, 0.2) is 33.5 Å². The summed E-state index contributed by atoms with van der Waals surface area (Å²) >= 11 is 0. The van der Waals surface area contributed by atoms with Crippen LogP contribution < -0.4 is 5.76 Å². The fourth-order valence-electron chi connectivity index (χ4n) is 2.32. The molecule has 23 heavy (non-hydrogen) atoms. The van der Waals surface area contributed by atoms with Crippen LogP contribution in [-0.4, -0.2) is 28.5 Å². The zero-order valence-corrected chi connectivity index (χ0v) is 12.6. The molecule has 0 saturated heterocycles. The van der Waals surface area contributed by atoms with Crippen molar-refractivity contribution in [2.24, 2.45) is 0 Å². The maximum absolute atomic E-state index is 12.3. The predicted octanol–water partition coefficient (Wildman–Crippen LogP) is 1.64. The minimum absolute atomic E-state index is 0.111. The Balaban J connectivity index is 2.06. The van der Waals surface area contributed by atoms with Gasteiger partial charge < -0.3 is 9.32 Å². The summed E-state index contributed by atoms with van der Waals surface area (Å²) < 4.78 is 6.53. The van der Waals surface area contributed by atoms with Crippen molar-refractivity contribution < 1.29 is 9.21 Å². The lowest BCUT2D eigenvalue weighted by Gasteiger charge is -2.20. The van der Waals surface area contributed by atoms with Gasteiger partial charge in [0.05, 0.1) is 30.5 Å². The summed E-state index contributed by atoms with van der Waals surface area (Å²) in [5.74, 6) is -0.688. The van der Waals surface area contributed by atoms with E-state index >= 15 is 0 Å². The van der Waals surface area contributed by atoms with E-state index in [0.29, 0.717) is 11.1 Å². The van der Waals surface area contributed by atoms with Gasteiger partial charge in [0.1, 0.15) is 0 Å². The number of aromatic nitrogens is 1. The number of amides is 1. The van der Waals surface area contributed by atoms with E-state index in [1.54, 1.807) is 24.3 Å². The molecule has 0 aliphatic carbocycles. The summed E-state index contributed by atoms with van der Waals surface area (Å²) in [5.41, 5.74) is 1.13. The molecular weight excluding hydrogens is 296 g/mol. The van der Waals surface area contributed by atoms with Gasteiger partial charge in [0.25, 0.3) is 0 Å². The van der Waals surface area contributed by atoms with Gasteiger partial charge in [-0.15, -0.1) is 0 Å². The van der Waals surface area contributed by atoms with E-state index in [-0.39, 0.29) is 44.8 Å². The molecule has 1 aromatic carbocycles. The number of fused-ring (bicyclic) bond motifs is 1. The Kier molecular flexibility index (Phi) is 5.54. The second-order valence-corrected chi connectivity index (χ2v) is 4.93. The fourth-order valence-corrected chi connectivity index (χ4v) is 2.32. The van der Waals surface area contributed by atoms with E-state index in [2.05, 4.69) is 0 Å². The number of carbonyl (C=O) groups excluding carboxylic acids is 1. The summed E-state index contributed by atoms with van der Waals surface area (Å²) in [4.78, 5) is 25.6. The van der Waals surface area contributed by atoms with Crippen LogP contribution in [0, 0.1) is 22.7 Å². The van der Waals surface area contributed by atoms with E-state index in [1.165, 1.54) is 9.47 Å². The molecule has 2 rings (SSSR count). The van der Waals surface area contributed by atoms with Gasteiger partial charge in [0.2, 0.25) is 5.91 Å². The first-order valence-corrected chi connectivity index (χ1v) is 7.27. The first kappa shape index (κ1) is 16.3. The first-order chi connectivity index (χ1) is 11.2. The van der Waals surface area contributed by atoms with Gasteiger partial charge in [-0.1, -0.05) is 12.1 Å². The molecule has 0 N–H and O–H groups in total. The number of hydrogen-bond acceptors (Lipinski definition) is 5. The van der Waals surface area contributed by atoms with Crippen molar-refractivity contribution in [3.05, 3.63) is 34.8 Å². The number of carbonyl (C=O) groups is 1. The average Bonchev–Trinajstić information content (AvgIpc) is 2.88. The van der Waals surface area contributed by atoms with Crippen LogP contribution in [0.2, 0.25) is 0 Å². The summed E-state index contributed by atoms with van der Waals surface area (Å²) in [6, 6.07) is 11.0. The lowest BCUT2D eigenvalue weighted by molar-refractivity contribution is -0.131. The second kappa shape index (κ2) is 7.81. The number of benzene rings is 1. The third-order valence-corrected chi connectivity index (χ3v) is 3.46. The zero-order valence-electron chi connectivity index (χ0n) is 12.6. The maximum atomic E-state index is 12.3. The molecule has 1 aromatic heterocycles. The Bertz CT molecular complexity index is 804. The number of aryl methyl sites for hydroxylation is 1. The Morgan fingerprint density at radius 1 is 1.17 bits per heavy atom. The molecular formula is C16H16N4O3. The first-order valence-electron chi connectivity index (χ1n) is 7.27. The molecule has 0 aliphatic rings. The Hall–Kier alpha value is -3.06. The molecule has 0 spiro atoms. The van der Waals surface area contributed by atoms with Gasteiger partial charge in [0.15, 0.2) is 5.58 Å². The molecule has 0 unspecified atom stereocenters. The maximum Gasteiger partial charge on any atom is 0.419 e. The van der Waals surface area contributed by atoms with E-state index in [1.807, 2.05) is 12.1 Å². The summed E-state index contributed by atoms with van der Waals surface area (Å²) in [6.07, 6.45) is 0.539. The normalized spacial score (nSPS) is 10.2. The van der Waals surface area contributed by atoms with Gasteiger partial charge in [-0.3, -0.25) is 9.36 Å². The standard InChI is InChI=1S/C16H16N4O3/c17-8-3-10-19(11-4-9-18)15(21)7-12-20-13-5-1-2-6-14(13)23-16(20)22/h1-2,5-6H,3-4,7,10-12H2. The van der Waals surface area contributed by atoms with Gasteiger partial charge in [-0.05, 0) is 12.1 Å². The number of oxazole rings is 1. The third-order valence-electron chi connectivity index (χ3n) is 3.46. The van der Waals surface area contributed by atoms with Crippen molar-refractivity contribution in [2.75, 3.05) is 13.1 Å². The Labute approximate surface area is 132 Å². The van der Waals surface area contributed by atoms with Crippen molar-refractivity contribution >= 4 is 17.0 Å². The van der Waals surface area contributed by atoms with Crippen molar-refractivity contribution in [2.45, 2.75) is 25.8 Å². The fraction of sp³-hybridized carbons (Fsp3) is 0.375.